The van der Waals surface area contributed by atoms with E-state index in [1.165, 1.54) is 19.3 Å². The normalized spacial score (nSPS) is 38.4. The zero-order valence-electron chi connectivity index (χ0n) is 11.8. The van der Waals surface area contributed by atoms with Gasteiger partial charge in [-0.1, -0.05) is 27.2 Å². The second kappa shape index (κ2) is 4.29. The quantitative estimate of drug-likeness (QED) is 0.796. The number of rotatable bonds is 4. The highest BCUT2D eigenvalue weighted by Gasteiger charge is 2.60. The van der Waals surface area contributed by atoms with Crippen molar-refractivity contribution in [2.45, 2.75) is 71.8 Å². The van der Waals surface area contributed by atoms with Crippen LogP contribution < -0.4 is 5.32 Å². The minimum absolute atomic E-state index is 0.0285. The summed E-state index contributed by atoms with van der Waals surface area (Å²) in [6, 6.07) is 0. The van der Waals surface area contributed by atoms with Gasteiger partial charge in [0, 0.05) is 12.0 Å². The Kier molecular flexibility index (Phi) is 3.26. The molecule has 0 aliphatic heterocycles. The molecule has 0 saturated heterocycles. The lowest BCUT2D eigenvalue weighted by Crippen LogP contribution is -2.59. The van der Waals surface area contributed by atoms with E-state index in [-0.39, 0.29) is 16.9 Å². The summed E-state index contributed by atoms with van der Waals surface area (Å²) in [6.45, 7) is 9.10. The summed E-state index contributed by atoms with van der Waals surface area (Å²) < 4.78 is 0. The first-order chi connectivity index (χ1) is 7.91. The van der Waals surface area contributed by atoms with E-state index in [4.69, 9.17) is 0 Å². The van der Waals surface area contributed by atoms with Gasteiger partial charge >= 0.3 is 0 Å². The average molecular weight is 237 g/mol. The Hall–Kier alpha value is -0.530. The Labute approximate surface area is 106 Å². The van der Waals surface area contributed by atoms with Gasteiger partial charge in [-0.15, -0.1) is 0 Å². The predicted molar refractivity (Wildman–Crippen MR) is 70.7 cm³/mol. The lowest BCUT2D eigenvalue weighted by molar-refractivity contribution is -0.125. The summed E-state index contributed by atoms with van der Waals surface area (Å²) in [6.07, 6.45) is 6.78. The molecule has 2 heteroatoms. The monoisotopic (exact) mass is 237 g/mol. The van der Waals surface area contributed by atoms with Crippen molar-refractivity contribution >= 4 is 5.91 Å². The number of amides is 1. The van der Waals surface area contributed by atoms with Gasteiger partial charge in [-0.05, 0) is 49.9 Å². The maximum atomic E-state index is 12.0. The zero-order chi connectivity index (χ0) is 12.7. The lowest BCUT2D eigenvalue weighted by atomic mass is 9.64. The number of carbonyl (C=O) groups excluding carboxylic acids is 1. The van der Waals surface area contributed by atoms with E-state index in [0.29, 0.717) is 12.3 Å². The number of hydrogen-bond donors (Lipinski definition) is 1. The van der Waals surface area contributed by atoms with Gasteiger partial charge in [-0.3, -0.25) is 4.79 Å². The number of nitrogens with one attached hydrogen (secondary N) is 1. The van der Waals surface area contributed by atoms with E-state index in [0.717, 1.165) is 18.8 Å². The van der Waals surface area contributed by atoms with Gasteiger partial charge in [0.25, 0.3) is 0 Å². The first-order valence-corrected chi connectivity index (χ1v) is 7.23. The fraction of sp³-hybridized carbons (Fsp3) is 0.933. The number of hydrogen-bond acceptors (Lipinski definition) is 1. The van der Waals surface area contributed by atoms with Crippen LogP contribution >= 0.6 is 0 Å². The van der Waals surface area contributed by atoms with E-state index in [9.17, 15) is 4.79 Å². The van der Waals surface area contributed by atoms with Crippen LogP contribution in [0.25, 0.3) is 0 Å². The van der Waals surface area contributed by atoms with Gasteiger partial charge in [0.2, 0.25) is 5.91 Å². The maximum Gasteiger partial charge on any atom is 0.220 e. The topological polar surface area (TPSA) is 29.1 Å². The maximum absolute atomic E-state index is 12.0. The molecule has 0 heterocycles. The summed E-state index contributed by atoms with van der Waals surface area (Å²) in [5.74, 6) is 1.77. The smallest absolute Gasteiger partial charge is 0.220 e. The molecule has 0 aromatic rings. The van der Waals surface area contributed by atoms with Crippen LogP contribution in [0, 0.1) is 17.3 Å². The van der Waals surface area contributed by atoms with Crippen molar-refractivity contribution in [3.05, 3.63) is 0 Å². The Morgan fingerprint density at radius 1 is 1.24 bits per heavy atom. The van der Waals surface area contributed by atoms with Crippen LogP contribution in [0.3, 0.4) is 0 Å². The summed E-state index contributed by atoms with van der Waals surface area (Å²) >= 11 is 0. The average Bonchev–Trinajstić information content (AvgIpc) is 2.80. The molecule has 2 saturated carbocycles. The van der Waals surface area contributed by atoms with Crippen molar-refractivity contribution in [1.29, 1.82) is 0 Å². The van der Waals surface area contributed by atoms with Gasteiger partial charge in [0.1, 0.15) is 0 Å². The molecule has 0 unspecified atom stereocenters. The Morgan fingerprint density at radius 3 is 2.41 bits per heavy atom. The molecule has 2 aliphatic rings. The first-order valence-electron chi connectivity index (χ1n) is 7.23. The highest BCUT2D eigenvalue weighted by atomic mass is 16.1. The molecule has 2 bridgehead atoms. The fourth-order valence-corrected chi connectivity index (χ4v) is 4.06. The lowest BCUT2D eigenvalue weighted by Gasteiger charge is -2.48. The van der Waals surface area contributed by atoms with Crippen molar-refractivity contribution < 1.29 is 4.79 Å². The SMILES string of the molecule is CCCCC(=O)N[C@@]1(C)[C@H]2CC[C@@H](C2)C1(C)C. The van der Waals surface area contributed by atoms with E-state index in [2.05, 4.69) is 33.0 Å². The van der Waals surface area contributed by atoms with Gasteiger partial charge in [0.15, 0.2) is 0 Å². The van der Waals surface area contributed by atoms with Crippen molar-refractivity contribution in [1.82, 2.24) is 5.32 Å². The van der Waals surface area contributed by atoms with Crippen molar-refractivity contribution in [2.75, 3.05) is 0 Å². The third-order valence-corrected chi connectivity index (χ3v) is 5.76. The van der Waals surface area contributed by atoms with Gasteiger partial charge < -0.3 is 5.32 Å². The number of fused-ring (bicyclic) bond motifs is 2. The third-order valence-electron chi connectivity index (χ3n) is 5.76. The van der Waals surface area contributed by atoms with Crippen LogP contribution in [0.15, 0.2) is 0 Å². The van der Waals surface area contributed by atoms with Crippen LogP contribution in [0.5, 0.6) is 0 Å². The summed E-state index contributed by atoms with van der Waals surface area (Å²) in [7, 11) is 0. The second-order valence-electron chi connectivity index (χ2n) is 6.78. The molecule has 2 nitrogen and oxygen atoms in total. The van der Waals surface area contributed by atoms with E-state index in [1.54, 1.807) is 0 Å². The molecule has 98 valence electrons. The van der Waals surface area contributed by atoms with Crippen molar-refractivity contribution in [2.24, 2.45) is 17.3 Å². The van der Waals surface area contributed by atoms with Crippen LogP contribution in [-0.4, -0.2) is 11.4 Å². The molecule has 3 atom stereocenters. The van der Waals surface area contributed by atoms with Gasteiger partial charge in [-0.2, -0.15) is 0 Å². The first kappa shape index (κ1) is 12.9. The third kappa shape index (κ3) is 1.90. The van der Waals surface area contributed by atoms with Crippen LogP contribution in [0.4, 0.5) is 0 Å². The minimum atomic E-state index is 0.0285. The highest BCUT2D eigenvalue weighted by molar-refractivity contribution is 5.77. The zero-order valence-corrected chi connectivity index (χ0v) is 11.8. The molecule has 2 aliphatic carbocycles. The Bertz CT molecular complexity index is 310. The molecular weight excluding hydrogens is 210 g/mol. The second-order valence-corrected chi connectivity index (χ2v) is 6.78. The van der Waals surface area contributed by atoms with Crippen molar-refractivity contribution in [3.63, 3.8) is 0 Å². The predicted octanol–water partition coefficient (Wildman–Crippen LogP) is 3.51. The summed E-state index contributed by atoms with van der Waals surface area (Å²) in [5, 5.41) is 3.37. The number of unbranched alkanes of at least 4 members (excludes halogenated alkanes) is 1. The van der Waals surface area contributed by atoms with Crippen LogP contribution in [-0.2, 0) is 4.79 Å². The van der Waals surface area contributed by atoms with Gasteiger partial charge in [0.05, 0.1) is 0 Å². The molecule has 0 aromatic carbocycles. The van der Waals surface area contributed by atoms with Crippen LogP contribution in [0.2, 0.25) is 0 Å². The largest absolute Gasteiger partial charge is 0.350 e. The minimum Gasteiger partial charge on any atom is -0.350 e. The molecule has 1 amide bonds. The molecule has 0 aromatic heterocycles. The van der Waals surface area contributed by atoms with E-state index in [1.807, 2.05) is 0 Å². The molecule has 1 N–H and O–H groups in total. The van der Waals surface area contributed by atoms with E-state index >= 15 is 0 Å². The molecular formula is C15H27NO. The molecule has 2 fully saturated rings. The Balaban J connectivity index is 2.06. The molecule has 0 spiro atoms. The summed E-state index contributed by atoms with van der Waals surface area (Å²) in [5.41, 5.74) is 0.290. The standard InChI is InChI=1S/C15H27NO/c1-5-6-7-13(17)16-15(4)12-9-8-11(10-12)14(15,2)3/h11-12H,5-10H2,1-4H3,(H,16,17)/t11-,12-,15-/m0/s1. The molecule has 17 heavy (non-hydrogen) atoms. The summed E-state index contributed by atoms with van der Waals surface area (Å²) in [4.78, 5) is 12.0. The van der Waals surface area contributed by atoms with E-state index < -0.39 is 0 Å². The fourth-order valence-electron chi connectivity index (χ4n) is 4.06. The van der Waals surface area contributed by atoms with Gasteiger partial charge in [-0.25, -0.2) is 0 Å². The molecule has 0 radical (unpaired) electrons. The number of carbonyl (C=O) groups is 1. The van der Waals surface area contributed by atoms with Crippen molar-refractivity contribution in [3.8, 4) is 0 Å². The molecule has 2 rings (SSSR count). The van der Waals surface area contributed by atoms with Crippen LogP contribution in [0.1, 0.15) is 66.2 Å². The Morgan fingerprint density at radius 2 is 1.88 bits per heavy atom. The highest BCUT2D eigenvalue weighted by Crippen LogP contribution is 2.61.